The van der Waals surface area contributed by atoms with Gasteiger partial charge in [0.1, 0.15) is 0 Å². The lowest BCUT2D eigenvalue weighted by Crippen LogP contribution is -2.47. The monoisotopic (exact) mass is 218 g/mol. The Labute approximate surface area is 91.8 Å². The molecule has 0 atom stereocenters. The Kier molecular flexibility index (Phi) is 5.53. The molecule has 90 valence electrons. The molecule has 0 aromatic heterocycles. The van der Waals surface area contributed by atoms with Crippen LogP contribution in [0.15, 0.2) is 0 Å². The van der Waals surface area contributed by atoms with Crippen LogP contribution in [0.2, 0.25) is 0 Å². The maximum absolute atomic E-state index is 5.51. The SMILES string of the molecule is CCOCC1(COCC)COC(C)OC1. The number of hydrogen-bond acceptors (Lipinski definition) is 4. The van der Waals surface area contributed by atoms with Crippen molar-refractivity contribution in [3.63, 3.8) is 0 Å². The molecule has 0 aromatic rings. The molecule has 1 aliphatic rings. The maximum atomic E-state index is 5.51. The molecule has 15 heavy (non-hydrogen) atoms. The highest BCUT2D eigenvalue weighted by Gasteiger charge is 2.36. The van der Waals surface area contributed by atoms with Gasteiger partial charge in [0.25, 0.3) is 0 Å². The average molecular weight is 218 g/mol. The van der Waals surface area contributed by atoms with Gasteiger partial charge in [-0.2, -0.15) is 0 Å². The molecule has 0 aromatic carbocycles. The molecule has 1 fully saturated rings. The smallest absolute Gasteiger partial charge is 0.154 e. The Hall–Kier alpha value is -0.160. The highest BCUT2D eigenvalue weighted by Crippen LogP contribution is 2.25. The van der Waals surface area contributed by atoms with Crippen LogP contribution in [0.1, 0.15) is 20.8 Å². The largest absolute Gasteiger partial charge is 0.381 e. The number of rotatable bonds is 6. The molecule has 1 saturated heterocycles. The van der Waals surface area contributed by atoms with Crippen molar-refractivity contribution in [2.24, 2.45) is 5.41 Å². The van der Waals surface area contributed by atoms with E-state index in [2.05, 4.69) is 0 Å². The van der Waals surface area contributed by atoms with Crippen LogP contribution in [0, 0.1) is 5.41 Å². The Morgan fingerprint density at radius 1 is 1.07 bits per heavy atom. The zero-order valence-corrected chi connectivity index (χ0v) is 9.95. The summed E-state index contributed by atoms with van der Waals surface area (Å²) in [5, 5.41) is 0. The van der Waals surface area contributed by atoms with Crippen molar-refractivity contribution in [2.45, 2.75) is 27.1 Å². The second-order valence-electron chi connectivity index (χ2n) is 3.96. The minimum absolute atomic E-state index is 0.110. The molecule has 0 N–H and O–H groups in total. The van der Waals surface area contributed by atoms with Gasteiger partial charge in [-0.1, -0.05) is 0 Å². The molecular formula is C11H22O4. The van der Waals surface area contributed by atoms with Gasteiger partial charge in [-0.05, 0) is 20.8 Å². The van der Waals surface area contributed by atoms with Gasteiger partial charge >= 0.3 is 0 Å². The molecule has 0 saturated carbocycles. The fraction of sp³-hybridized carbons (Fsp3) is 1.00. The highest BCUT2D eigenvalue weighted by atomic mass is 16.7. The first kappa shape index (κ1) is 12.9. The van der Waals surface area contributed by atoms with Crippen molar-refractivity contribution in [1.29, 1.82) is 0 Å². The first-order chi connectivity index (χ1) is 7.22. The van der Waals surface area contributed by atoms with E-state index in [9.17, 15) is 0 Å². The third kappa shape index (κ3) is 4.07. The molecule has 1 rings (SSSR count). The van der Waals surface area contributed by atoms with Gasteiger partial charge < -0.3 is 18.9 Å². The van der Waals surface area contributed by atoms with Gasteiger partial charge in [0.2, 0.25) is 0 Å². The molecule has 1 aliphatic heterocycles. The third-order valence-electron chi connectivity index (χ3n) is 2.47. The van der Waals surface area contributed by atoms with Crippen LogP contribution in [0.25, 0.3) is 0 Å². The molecular weight excluding hydrogens is 196 g/mol. The van der Waals surface area contributed by atoms with Crippen molar-refractivity contribution < 1.29 is 18.9 Å². The summed E-state index contributed by atoms with van der Waals surface area (Å²) in [5.74, 6) is 0. The maximum Gasteiger partial charge on any atom is 0.154 e. The van der Waals surface area contributed by atoms with Gasteiger partial charge in [-0.15, -0.1) is 0 Å². The molecule has 4 nitrogen and oxygen atoms in total. The molecule has 0 bridgehead atoms. The molecule has 1 heterocycles. The van der Waals surface area contributed by atoms with Crippen molar-refractivity contribution in [1.82, 2.24) is 0 Å². The minimum atomic E-state index is -0.126. The molecule has 0 spiro atoms. The van der Waals surface area contributed by atoms with Gasteiger partial charge in [0.15, 0.2) is 6.29 Å². The van der Waals surface area contributed by atoms with E-state index >= 15 is 0 Å². The van der Waals surface area contributed by atoms with Crippen molar-refractivity contribution in [3.05, 3.63) is 0 Å². The fourth-order valence-corrected chi connectivity index (χ4v) is 1.52. The van der Waals surface area contributed by atoms with Crippen LogP contribution in [-0.4, -0.2) is 45.9 Å². The summed E-state index contributed by atoms with van der Waals surface area (Å²) >= 11 is 0. The number of ether oxygens (including phenoxy) is 4. The third-order valence-corrected chi connectivity index (χ3v) is 2.47. The predicted molar refractivity (Wildman–Crippen MR) is 56.8 cm³/mol. The molecule has 0 radical (unpaired) electrons. The topological polar surface area (TPSA) is 36.9 Å². The summed E-state index contributed by atoms with van der Waals surface area (Å²) in [4.78, 5) is 0. The zero-order chi connectivity index (χ0) is 11.1. The van der Waals surface area contributed by atoms with E-state index in [1.54, 1.807) is 0 Å². The molecule has 0 aliphatic carbocycles. The standard InChI is InChI=1S/C11H22O4/c1-4-12-6-11(7-13-5-2)8-14-10(3)15-9-11/h10H,4-9H2,1-3H3. The van der Waals surface area contributed by atoms with Crippen LogP contribution in [0.3, 0.4) is 0 Å². The van der Waals surface area contributed by atoms with Crippen LogP contribution >= 0.6 is 0 Å². The Morgan fingerprint density at radius 2 is 1.53 bits per heavy atom. The van der Waals surface area contributed by atoms with Gasteiger partial charge in [0, 0.05) is 13.2 Å². The average Bonchev–Trinajstić information content (AvgIpc) is 2.27. The summed E-state index contributed by atoms with van der Waals surface area (Å²) < 4.78 is 21.9. The van der Waals surface area contributed by atoms with E-state index in [1.807, 2.05) is 20.8 Å². The summed E-state index contributed by atoms with van der Waals surface area (Å²) in [6.45, 7) is 9.87. The fourth-order valence-electron chi connectivity index (χ4n) is 1.52. The quantitative estimate of drug-likeness (QED) is 0.676. The van der Waals surface area contributed by atoms with Crippen LogP contribution in [0.4, 0.5) is 0 Å². The summed E-state index contributed by atoms with van der Waals surface area (Å²) in [5.41, 5.74) is -0.126. The van der Waals surface area contributed by atoms with E-state index in [0.717, 1.165) is 0 Å². The minimum Gasteiger partial charge on any atom is -0.381 e. The van der Waals surface area contributed by atoms with Crippen molar-refractivity contribution in [2.75, 3.05) is 39.6 Å². The van der Waals surface area contributed by atoms with Crippen LogP contribution in [-0.2, 0) is 18.9 Å². The Morgan fingerprint density at radius 3 is 1.93 bits per heavy atom. The van der Waals surface area contributed by atoms with Crippen LogP contribution < -0.4 is 0 Å². The van der Waals surface area contributed by atoms with Crippen LogP contribution in [0.5, 0.6) is 0 Å². The summed E-state index contributed by atoms with van der Waals surface area (Å²) in [6, 6.07) is 0. The van der Waals surface area contributed by atoms with E-state index < -0.39 is 0 Å². The summed E-state index contributed by atoms with van der Waals surface area (Å²) in [6.07, 6.45) is -0.110. The van der Waals surface area contributed by atoms with E-state index in [4.69, 9.17) is 18.9 Å². The van der Waals surface area contributed by atoms with E-state index in [-0.39, 0.29) is 11.7 Å². The van der Waals surface area contributed by atoms with Crippen molar-refractivity contribution >= 4 is 0 Å². The molecule has 4 heteroatoms. The normalized spacial score (nSPS) is 21.8. The van der Waals surface area contributed by atoms with Gasteiger partial charge in [0.05, 0.1) is 31.8 Å². The summed E-state index contributed by atoms with van der Waals surface area (Å²) in [7, 11) is 0. The lowest BCUT2D eigenvalue weighted by Gasteiger charge is -2.38. The lowest BCUT2D eigenvalue weighted by molar-refractivity contribution is -0.242. The molecule has 0 unspecified atom stereocenters. The first-order valence-electron chi connectivity index (χ1n) is 5.61. The molecule has 0 amide bonds. The Balaban J connectivity index is 2.44. The number of hydrogen-bond donors (Lipinski definition) is 0. The Bertz CT molecular complexity index is 146. The van der Waals surface area contributed by atoms with Crippen molar-refractivity contribution in [3.8, 4) is 0 Å². The van der Waals surface area contributed by atoms with E-state index in [0.29, 0.717) is 39.6 Å². The first-order valence-corrected chi connectivity index (χ1v) is 5.61. The second-order valence-corrected chi connectivity index (χ2v) is 3.96. The highest BCUT2D eigenvalue weighted by molar-refractivity contribution is 4.81. The lowest BCUT2D eigenvalue weighted by atomic mass is 9.91. The zero-order valence-electron chi connectivity index (χ0n) is 9.95. The predicted octanol–water partition coefficient (Wildman–Crippen LogP) is 1.44. The van der Waals surface area contributed by atoms with Gasteiger partial charge in [-0.25, -0.2) is 0 Å². The van der Waals surface area contributed by atoms with Gasteiger partial charge in [-0.3, -0.25) is 0 Å². The van der Waals surface area contributed by atoms with E-state index in [1.165, 1.54) is 0 Å². The second kappa shape index (κ2) is 6.43.